The fourth-order valence-electron chi connectivity index (χ4n) is 1.65. The van der Waals surface area contributed by atoms with E-state index in [1.807, 2.05) is 12.2 Å². The molecular formula is C16H30S2. The van der Waals surface area contributed by atoms with E-state index in [0.717, 1.165) is 12.8 Å². The van der Waals surface area contributed by atoms with Crippen LogP contribution in [-0.2, 0) is 0 Å². The van der Waals surface area contributed by atoms with Crippen molar-refractivity contribution in [3.8, 4) is 0 Å². The summed E-state index contributed by atoms with van der Waals surface area (Å²) in [5, 5.41) is 0. The summed E-state index contributed by atoms with van der Waals surface area (Å²) >= 11 is 4.15. The Labute approximate surface area is 123 Å². The van der Waals surface area contributed by atoms with Gasteiger partial charge in [-0.1, -0.05) is 37.8 Å². The standard InChI is InChI=1S/C16H30S2/c1-3-5-13-17-15-11-9-7-8-10-12-16-18-14-6-4-2/h3-4H,1-2,5-16H2. The van der Waals surface area contributed by atoms with E-state index < -0.39 is 0 Å². The summed E-state index contributed by atoms with van der Waals surface area (Å²) in [5.74, 6) is 5.19. The van der Waals surface area contributed by atoms with Crippen molar-refractivity contribution in [1.82, 2.24) is 0 Å². The lowest BCUT2D eigenvalue weighted by Gasteiger charge is -2.02. The number of unbranched alkanes of at least 4 members (excludes halogenated alkanes) is 5. The van der Waals surface area contributed by atoms with E-state index >= 15 is 0 Å². The van der Waals surface area contributed by atoms with Crippen LogP contribution in [0.1, 0.15) is 51.4 Å². The van der Waals surface area contributed by atoms with Crippen LogP contribution in [-0.4, -0.2) is 23.0 Å². The summed E-state index contributed by atoms with van der Waals surface area (Å²) in [6.45, 7) is 7.48. The van der Waals surface area contributed by atoms with Crippen LogP contribution >= 0.6 is 23.5 Å². The summed E-state index contributed by atoms with van der Waals surface area (Å²) < 4.78 is 0. The largest absolute Gasteiger partial charge is 0.162 e. The normalized spacial score (nSPS) is 10.4. The minimum Gasteiger partial charge on any atom is -0.162 e. The van der Waals surface area contributed by atoms with Crippen LogP contribution in [0.2, 0.25) is 0 Å². The fraction of sp³-hybridized carbons (Fsp3) is 0.750. The van der Waals surface area contributed by atoms with Crippen molar-refractivity contribution in [3.63, 3.8) is 0 Å². The smallest absolute Gasteiger partial charge is 0.00330 e. The first-order valence-electron chi connectivity index (χ1n) is 7.29. The Balaban J connectivity index is 2.90. The first-order valence-corrected chi connectivity index (χ1v) is 9.60. The predicted molar refractivity (Wildman–Crippen MR) is 92.0 cm³/mol. The second kappa shape index (κ2) is 17.2. The van der Waals surface area contributed by atoms with Crippen LogP contribution in [0.15, 0.2) is 25.3 Å². The van der Waals surface area contributed by atoms with Crippen molar-refractivity contribution in [3.05, 3.63) is 25.3 Å². The zero-order valence-corrected chi connectivity index (χ0v) is 13.5. The number of hydrogen-bond donors (Lipinski definition) is 0. The van der Waals surface area contributed by atoms with E-state index in [1.54, 1.807) is 0 Å². The molecule has 0 aliphatic carbocycles. The second-order valence-corrected chi connectivity index (χ2v) is 6.95. The molecule has 106 valence electrons. The Hall–Kier alpha value is 0.180. The molecule has 18 heavy (non-hydrogen) atoms. The second-order valence-electron chi connectivity index (χ2n) is 4.50. The first-order chi connectivity index (χ1) is 8.91. The topological polar surface area (TPSA) is 0 Å². The zero-order valence-electron chi connectivity index (χ0n) is 11.9. The maximum atomic E-state index is 3.74. The lowest BCUT2D eigenvalue weighted by atomic mass is 10.1. The number of allylic oxidation sites excluding steroid dienone is 2. The third-order valence-electron chi connectivity index (χ3n) is 2.76. The maximum Gasteiger partial charge on any atom is -0.00330 e. The first kappa shape index (κ1) is 18.2. The summed E-state index contributed by atoms with van der Waals surface area (Å²) in [5.41, 5.74) is 0. The molecule has 0 bridgehead atoms. The predicted octanol–water partition coefficient (Wildman–Crippen LogP) is 5.95. The highest BCUT2D eigenvalue weighted by Crippen LogP contribution is 2.12. The summed E-state index contributed by atoms with van der Waals surface area (Å²) in [4.78, 5) is 0. The van der Waals surface area contributed by atoms with Crippen molar-refractivity contribution in [2.24, 2.45) is 0 Å². The number of hydrogen-bond acceptors (Lipinski definition) is 2. The van der Waals surface area contributed by atoms with Gasteiger partial charge in [-0.3, -0.25) is 0 Å². The van der Waals surface area contributed by atoms with Crippen LogP contribution < -0.4 is 0 Å². The van der Waals surface area contributed by atoms with Gasteiger partial charge in [-0.2, -0.15) is 23.5 Å². The lowest BCUT2D eigenvalue weighted by molar-refractivity contribution is 0.629. The van der Waals surface area contributed by atoms with E-state index in [1.165, 1.54) is 61.5 Å². The molecule has 0 saturated carbocycles. The van der Waals surface area contributed by atoms with Crippen LogP contribution in [0, 0.1) is 0 Å². The van der Waals surface area contributed by atoms with Gasteiger partial charge in [0.15, 0.2) is 0 Å². The van der Waals surface area contributed by atoms with Gasteiger partial charge >= 0.3 is 0 Å². The molecule has 0 heterocycles. The monoisotopic (exact) mass is 286 g/mol. The van der Waals surface area contributed by atoms with Crippen LogP contribution in [0.4, 0.5) is 0 Å². The van der Waals surface area contributed by atoms with Gasteiger partial charge in [-0.15, -0.1) is 13.2 Å². The van der Waals surface area contributed by atoms with Crippen LogP contribution in [0.25, 0.3) is 0 Å². The Morgan fingerprint density at radius 2 is 0.944 bits per heavy atom. The maximum absolute atomic E-state index is 3.74. The van der Waals surface area contributed by atoms with Gasteiger partial charge in [0, 0.05) is 0 Å². The van der Waals surface area contributed by atoms with E-state index in [2.05, 4.69) is 36.7 Å². The molecule has 0 aromatic rings. The van der Waals surface area contributed by atoms with Gasteiger partial charge in [-0.25, -0.2) is 0 Å². The van der Waals surface area contributed by atoms with E-state index in [4.69, 9.17) is 0 Å². The molecule has 0 nitrogen and oxygen atoms in total. The highest BCUT2D eigenvalue weighted by Gasteiger charge is 1.93. The molecule has 0 spiro atoms. The fourth-order valence-corrected chi connectivity index (χ4v) is 3.54. The summed E-state index contributed by atoms with van der Waals surface area (Å²) in [6, 6.07) is 0. The molecule has 0 atom stereocenters. The molecule has 0 aromatic carbocycles. The van der Waals surface area contributed by atoms with E-state index in [9.17, 15) is 0 Å². The molecule has 0 aliphatic rings. The third-order valence-corrected chi connectivity index (χ3v) is 4.96. The lowest BCUT2D eigenvalue weighted by Crippen LogP contribution is -1.86. The van der Waals surface area contributed by atoms with Crippen molar-refractivity contribution in [2.75, 3.05) is 23.0 Å². The van der Waals surface area contributed by atoms with Crippen LogP contribution in [0.5, 0.6) is 0 Å². The van der Waals surface area contributed by atoms with Gasteiger partial charge in [0.05, 0.1) is 0 Å². The van der Waals surface area contributed by atoms with E-state index in [-0.39, 0.29) is 0 Å². The van der Waals surface area contributed by atoms with Crippen molar-refractivity contribution in [2.45, 2.75) is 51.4 Å². The molecule has 0 aromatic heterocycles. The van der Waals surface area contributed by atoms with Crippen molar-refractivity contribution in [1.29, 1.82) is 0 Å². The number of rotatable bonds is 15. The summed E-state index contributed by atoms with van der Waals surface area (Å²) in [7, 11) is 0. The molecule has 0 N–H and O–H groups in total. The average Bonchev–Trinajstić information content (AvgIpc) is 2.39. The van der Waals surface area contributed by atoms with Gasteiger partial charge in [-0.05, 0) is 48.7 Å². The van der Waals surface area contributed by atoms with Gasteiger partial charge in [0.2, 0.25) is 0 Å². The van der Waals surface area contributed by atoms with Gasteiger partial charge < -0.3 is 0 Å². The van der Waals surface area contributed by atoms with Crippen molar-refractivity contribution >= 4 is 23.5 Å². The highest BCUT2D eigenvalue weighted by molar-refractivity contribution is 7.99. The Kier molecular flexibility index (Phi) is 17.4. The molecule has 0 rings (SSSR count). The molecule has 0 fully saturated rings. The van der Waals surface area contributed by atoms with E-state index in [0.29, 0.717) is 0 Å². The quantitative estimate of drug-likeness (QED) is 0.270. The molecule has 0 aliphatic heterocycles. The van der Waals surface area contributed by atoms with Gasteiger partial charge in [0.1, 0.15) is 0 Å². The van der Waals surface area contributed by atoms with Crippen LogP contribution in [0.3, 0.4) is 0 Å². The summed E-state index contributed by atoms with van der Waals surface area (Å²) in [6.07, 6.45) is 14.8. The molecule has 2 heteroatoms. The minimum absolute atomic E-state index is 1.16. The molecule has 0 amide bonds. The van der Waals surface area contributed by atoms with Crippen molar-refractivity contribution < 1.29 is 0 Å². The number of thioether (sulfide) groups is 2. The highest BCUT2D eigenvalue weighted by atomic mass is 32.2. The average molecular weight is 287 g/mol. The zero-order chi connectivity index (χ0) is 13.3. The molecule has 0 saturated heterocycles. The van der Waals surface area contributed by atoms with Gasteiger partial charge in [0.25, 0.3) is 0 Å². The Morgan fingerprint density at radius 1 is 0.556 bits per heavy atom. The molecular weight excluding hydrogens is 256 g/mol. The third kappa shape index (κ3) is 16.2. The molecule has 0 radical (unpaired) electrons. The Bertz CT molecular complexity index is 158. The SMILES string of the molecule is C=CCCSCCCCCCCCSCCC=C. The Morgan fingerprint density at radius 3 is 1.33 bits per heavy atom. The molecule has 0 unspecified atom stereocenters. The minimum atomic E-state index is 1.16.